The van der Waals surface area contributed by atoms with Crippen LogP contribution in [0.4, 0.5) is 0 Å². The Bertz CT molecular complexity index is 286. The maximum Gasteiger partial charge on any atom is 0.225 e. The highest BCUT2D eigenvalue weighted by atomic mass is 32.2. The van der Waals surface area contributed by atoms with Crippen molar-refractivity contribution < 1.29 is 8.42 Å². The normalized spacial score (nSPS) is 12.5. The summed E-state index contributed by atoms with van der Waals surface area (Å²) in [4.78, 5) is 0. The van der Waals surface area contributed by atoms with Gasteiger partial charge in [-0.15, -0.1) is 0 Å². The van der Waals surface area contributed by atoms with Crippen molar-refractivity contribution in [3.05, 3.63) is 0 Å². The van der Waals surface area contributed by atoms with Gasteiger partial charge in [0.05, 0.1) is 6.07 Å². The molecule has 0 rings (SSSR count). The van der Waals surface area contributed by atoms with Crippen LogP contribution < -0.4 is 4.72 Å². The maximum atomic E-state index is 11.2. The number of hydrogen-bond acceptors (Lipinski definition) is 3. The van der Waals surface area contributed by atoms with Gasteiger partial charge in [-0.25, -0.2) is 13.1 Å². The van der Waals surface area contributed by atoms with Crippen LogP contribution in [0.1, 0.15) is 33.6 Å². The lowest BCUT2D eigenvalue weighted by atomic mass is 9.98. The van der Waals surface area contributed by atoms with E-state index >= 15 is 0 Å². The van der Waals surface area contributed by atoms with Crippen LogP contribution in [0.2, 0.25) is 0 Å². The number of hydrogen-bond donors (Lipinski definition) is 1. The van der Waals surface area contributed by atoms with E-state index in [0.717, 1.165) is 0 Å². The second-order valence-electron chi connectivity index (χ2n) is 3.29. The second kappa shape index (κ2) is 4.58. The molecule has 0 aromatic heterocycles. The minimum Gasteiger partial charge on any atom is -0.211 e. The van der Waals surface area contributed by atoms with E-state index in [-0.39, 0.29) is 0 Å². The molecule has 0 atom stereocenters. The van der Waals surface area contributed by atoms with Crippen LogP contribution >= 0.6 is 0 Å². The fourth-order valence-electron chi connectivity index (χ4n) is 0.891. The van der Waals surface area contributed by atoms with Crippen LogP contribution in [0.15, 0.2) is 0 Å². The third-order valence-electron chi connectivity index (χ3n) is 2.22. The first-order valence-electron chi connectivity index (χ1n) is 4.27. The molecule has 0 aliphatic carbocycles. The Hall–Kier alpha value is -0.600. The Morgan fingerprint density at radius 3 is 2.15 bits per heavy atom. The van der Waals surface area contributed by atoms with E-state index in [4.69, 9.17) is 5.26 Å². The Kier molecular flexibility index (Phi) is 4.37. The summed E-state index contributed by atoms with van der Waals surface area (Å²) in [7, 11) is -3.42. The lowest BCUT2D eigenvalue weighted by Gasteiger charge is -2.27. The average Bonchev–Trinajstić information content (AvgIpc) is 2.03. The summed E-state index contributed by atoms with van der Waals surface area (Å²) < 4.78 is 25.0. The number of nitriles is 1. The molecule has 0 aliphatic heterocycles. The van der Waals surface area contributed by atoms with Crippen LogP contribution in [0.3, 0.4) is 0 Å². The number of nitrogens with zero attached hydrogens (tertiary/aromatic N) is 1. The van der Waals surface area contributed by atoms with Crippen molar-refractivity contribution in [1.29, 1.82) is 5.26 Å². The first-order valence-corrected chi connectivity index (χ1v) is 5.93. The number of rotatable bonds is 5. The monoisotopic (exact) mass is 204 g/mol. The topological polar surface area (TPSA) is 70.0 Å². The van der Waals surface area contributed by atoms with Gasteiger partial charge in [0, 0.05) is 5.54 Å². The molecule has 4 nitrogen and oxygen atoms in total. The van der Waals surface area contributed by atoms with Crippen LogP contribution in [0.25, 0.3) is 0 Å². The molecule has 0 bridgehead atoms. The lowest BCUT2D eigenvalue weighted by Crippen LogP contribution is -2.45. The predicted octanol–water partition coefficient (Wildman–Crippen LogP) is 1.01. The van der Waals surface area contributed by atoms with Crippen molar-refractivity contribution in [1.82, 2.24) is 4.72 Å². The SMILES string of the molecule is CCC(C)(CC)NS(=O)(=O)CC#N. The lowest BCUT2D eigenvalue weighted by molar-refractivity contribution is 0.389. The van der Waals surface area contributed by atoms with E-state index in [0.29, 0.717) is 12.8 Å². The van der Waals surface area contributed by atoms with Crippen molar-refractivity contribution >= 4 is 10.0 Å². The molecule has 76 valence electrons. The molecule has 0 aromatic carbocycles. The predicted molar refractivity (Wildman–Crippen MR) is 51.5 cm³/mol. The number of sulfonamides is 1. The van der Waals surface area contributed by atoms with Crippen molar-refractivity contribution in [3.63, 3.8) is 0 Å². The van der Waals surface area contributed by atoms with Crippen LogP contribution in [0.5, 0.6) is 0 Å². The van der Waals surface area contributed by atoms with Crippen LogP contribution in [0, 0.1) is 11.3 Å². The molecule has 0 saturated heterocycles. The summed E-state index contributed by atoms with van der Waals surface area (Å²) in [6.45, 7) is 5.67. The summed E-state index contributed by atoms with van der Waals surface area (Å²) in [5.41, 5.74) is -0.421. The van der Waals surface area contributed by atoms with E-state index < -0.39 is 21.3 Å². The van der Waals surface area contributed by atoms with Gasteiger partial charge >= 0.3 is 0 Å². The molecule has 5 heteroatoms. The molecule has 0 spiro atoms. The molecule has 0 fully saturated rings. The van der Waals surface area contributed by atoms with Crippen molar-refractivity contribution in [2.45, 2.75) is 39.2 Å². The van der Waals surface area contributed by atoms with Crippen LogP contribution in [-0.4, -0.2) is 19.7 Å². The summed E-state index contributed by atoms with van der Waals surface area (Å²) in [5.74, 6) is -0.470. The molecule has 1 N–H and O–H groups in total. The zero-order chi connectivity index (χ0) is 10.5. The van der Waals surface area contributed by atoms with Gasteiger partial charge in [-0.2, -0.15) is 5.26 Å². The fraction of sp³-hybridized carbons (Fsp3) is 0.875. The first kappa shape index (κ1) is 12.4. The molecule has 0 heterocycles. The van der Waals surface area contributed by atoms with Crippen LogP contribution in [-0.2, 0) is 10.0 Å². The molecule has 0 aliphatic rings. The van der Waals surface area contributed by atoms with E-state index in [9.17, 15) is 8.42 Å². The van der Waals surface area contributed by atoms with Gasteiger partial charge in [0.2, 0.25) is 10.0 Å². The molecule has 0 unspecified atom stereocenters. The third-order valence-corrected chi connectivity index (χ3v) is 3.53. The summed E-state index contributed by atoms with van der Waals surface area (Å²) in [5, 5.41) is 8.27. The molecule has 0 saturated carbocycles. The first-order chi connectivity index (χ1) is 5.89. The summed E-state index contributed by atoms with van der Waals surface area (Å²) in [6.07, 6.45) is 1.43. The Labute approximate surface area is 80.0 Å². The highest BCUT2D eigenvalue weighted by Crippen LogP contribution is 2.14. The minimum atomic E-state index is -3.42. The molecular weight excluding hydrogens is 188 g/mol. The van der Waals surface area contributed by atoms with Crippen molar-refractivity contribution in [2.75, 3.05) is 5.75 Å². The molecular formula is C8H16N2O2S. The van der Waals surface area contributed by atoms with Gasteiger partial charge in [0.1, 0.15) is 0 Å². The maximum absolute atomic E-state index is 11.2. The Balaban J connectivity index is 4.52. The van der Waals surface area contributed by atoms with E-state index in [1.165, 1.54) is 0 Å². The standard InChI is InChI=1S/C8H16N2O2S/c1-4-8(3,5-2)10-13(11,12)7-6-9/h10H,4-5,7H2,1-3H3. The second-order valence-corrected chi connectivity index (χ2v) is 5.01. The van der Waals surface area contributed by atoms with E-state index in [1.807, 2.05) is 20.8 Å². The van der Waals surface area contributed by atoms with Gasteiger partial charge in [-0.1, -0.05) is 13.8 Å². The average molecular weight is 204 g/mol. The Morgan fingerprint density at radius 1 is 1.38 bits per heavy atom. The quantitative estimate of drug-likeness (QED) is 0.726. The molecule has 0 amide bonds. The highest BCUT2D eigenvalue weighted by Gasteiger charge is 2.25. The smallest absolute Gasteiger partial charge is 0.211 e. The zero-order valence-electron chi connectivity index (χ0n) is 8.29. The van der Waals surface area contributed by atoms with Gasteiger partial charge in [0.15, 0.2) is 5.75 Å². The van der Waals surface area contributed by atoms with Crippen molar-refractivity contribution in [2.24, 2.45) is 0 Å². The molecule has 13 heavy (non-hydrogen) atoms. The van der Waals surface area contributed by atoms with E-state index in [2.05, 4.69) is 4.72 Å². The zero-order valence-corrected chi connectivity index (χ0v) is 9.11. The Morgan fingerprint density at radius 2 is 1.85 bits per heavy atom. The van der Waals surface area contributed by atoms with Gasteiger partial charge in [-0.05, 0) is 19.8 Å². The van der Waals surface area contributed by atoms with Gasteiger partial charge < -0.3 is 0 Å². The van der Waals surface area contributed by atoms with Gasteiger partial charge in [-0.3, -0.25) is 0 Å². The minimum absolute atomic E-state index is 0.421. The van der Waals surface area contributed by atoms with E-state index in [1.54, 1.807) is 6.07 Å². The van der Waals surface area contributed by atoms with Crippen molar-refractivity contribution in [3.8, 4) is 6.07 Å². The van der Waals surface area contributed by atoms with Gasteiger partial charge in [0.25, 0.3) is 0 Å². The third kappa shape index (κ3) is 4.25. The highest BCUT2D eigenvalue weighted by molar-refractivity contribution is 7.89. The molecule has 0 radical (unpaired) electrons. The summed E-state index contributed by atoms with van der Waals surface area (Å²) >= 11 is 0. The molecule has 0 aromatic rings. The summed E-state index contributed by atoms with van der Waals surface area (Å²) in [6, 6.07) is 1.63. The fourth-order valence-corrected chi connectivity index (χ4v) is 2.17. The number of nitrogens with one attached hydrogen (secondary N) is 1. The largest absolute Gasteiger partial charge is 0.225 e.